The van der Waals surface area contributed by atoms with E-state index in [9.17, 15) is 9.59 Å². The van der Waals surface area contributed by atoms with Gasteiger partial charge in [-0.3, -0.25) is 14.5 Å². The largest absolute Gasteiger partial charge is 0.352 e. The number of anilines is 1. The first kappa shape index (κ1) is 25.5. The molecule has 3 aromatic rings. The molecule has 0 bridgehead atoms. The number of thiophene rings is 1. The van der Waals surface area contributed by atoms with Crippen molar-refractivity contribution in [3.8, 4) is 5.69 Å². The Morgan fingerprint density at radius 3 is 2.66 bits per heavy atom. The molecule has 2 unspecified atom stereocenters. The number of carbonyl (C=O) groups is 2. The van der Waals surface area contributed by atoms with E-state index >= 15 is 0 Å². The van der Waals surface area contributed by atoms with E-state index in [4.69, 9.17) is 5.10 Å². The van der Waals surface area contributed by atoms with E-state index in [2.05, 4.69) is 43.6 Å². The molecule has 2 amide bonds. The molecule has 6 nitrogen and oxygen atoms in total. The lowest BCUT2D eigenvalue weighted by Crippen LogP contribution is -2.44. The van der Waals surface area contributed by atoms with Gasteiger partial charge < -0.3 is 5.32 Å². The summed E-state index contributed by atoms with van der Waals surface area (Å²) < 4.78 is 1.88. The number of carbonyl (C=O) groups excluding carboxylic acids is 2. The summed E-state index contributed by atoms with van der Waals surface area (Å²) in [5, 5.41) is 10.2. The molecular formula is C27H34N4O2S2. The van der Waals surface area contributed by atoms with E-state index in [1.807, 2.05) is 49.7 Å². The Balaban J connectivity index is 1.96. The summed E-state index contributed by atoms with van der Waals surface area (Å²) in [6.07, 6.45) is 0.830. The quantitative estimate of drug-likeness (QED) is 0.467. The van der Waals surface area contributed by atoms with Crippen molar-refractivity contribution in [2.45, 2.75) is 64.7 Å². The molecule has 0 fully saturated rings. The van der Waals surface area contributed by atoms with Crippen molar-refractivity contribution < 1.29 is 9.59 Å². The Labute approximate surface area is 216 Å². The van der Waals surface area contributed by atoms with Gasteiger partial charge in [0.1, 0.15) is 12.4 Å². The Bertz CT molecular complexity index is 1210. The summed E-state index contributed by atoms with van der Waals surface area (Å²) in [5.41, 5.74) is 3.70. The van der Waals surface area contributed by atoms with Crippen LogP contribution >= 0.6 is 23.1 Å². The second-order valence-electron chi connectivity index (χ2n) is 10.1. The van der Waals surface area contributed by atoms with Crippen LogP contribution in [-0.4, -0.2) is 39.9 Å². The number of fused-ring (bicyclic) bond motifs is 1. The van der Waals surface area contributed by atoms with Gasteiger partial charge in [0, 0.05) is 21.9 Å². The fourth-order valence-corrected chi connectivity index (χ4v) is 6.42. The number of nitrogens with zero attached hydrogens (tertiary/aromatic N) is 3. The maximum absolute atomic E-state index is 13.6. The van der Waals surface area contributed by atoms with Crippen molar-refractivity contribution >= 4 is 40.7 Å². The zero-order valence-electron chi connectivity index (χ0n) is 21.3. The number of hydrogen-bond acceptors (Lipinski definition) is 5. The summed E-state index contributed by atoms with van der Waals surface area (Å²) in [7, 11) is 0. The summed E-state index contributed by atoms with van der Waals surface area (Å²) in [5.74, 6) is 0.759. The van der Waals surface area contributed by atoms with Gasteiger partial charge in [-0.05, 0) is 49.4 Å². The zero-order valence-corrected chi connectivity index (χ0v) is 22.9. The minimum Gasteiger partial charge on any atom is -0.352 e. The molecule has 1 aliphatic rings. The zero-order chi connectivity index (χ0) is 25.3. The first-order valence-corrected chi connectivity index (χ1v) is 14.0. The molecule has 1 aromatic carbocycles. The highest BCUT2D eigenvalue weighted by Crippen LogP contribution is 2.49. The van der Waals surface area contributed by atoms with Crippen LogP contribution in [0.25, 0.3) is 5.69 Å². The van der Waals surface area contributed by atoms with Crippen molar-refractivity contribution in [2.75, 3.05) is 17.2 Å². The monoisotopic (exact) mass is 510 g/mol. The molecule has 0 aliphatic carbocycles. The molecule has 1 aliphatic heterocycles. The van der Waals surface area contributed by atoms with Gasteiger partial charge in [0.2, 0.25) is 11.8 Å². The van der Waals surface area contributed by atoms with Crippen LogP contribution in [-0.2, 0) is 15.0 Å². The summed E-state index contributed by atoms with van der Waals surface area (Å²) in [4.78, 5) is 29.4. The lowest BCUT2D eigenvalue weighted by molar-refractivity contribution is -0.123. The standard InChI is InChI=1S/C27H34N4O2S2/c1-7-18(3)28-21(32)15-30-22(33)16-35-24(20-12-9-13-34-20)23-25(27(4,5)6)29-31(26(23)30)19-11-8-10-17(2)14-19/h8-14,18,24H,7,15-16H2,1-6H3,(H,28,32). The Kier molecular flexibility index (Phi) is 7.43. The van der Waals surface area contributed by atoms with Crippen LogP contribution in [0.3, 0.4) is 0 Å². The van der Waals surface area contributed by atoms with Crippen LogP contribution in [0.4, 0.5) is 5.82 Å². The predicted molar refractivity (Wildman–Crippen MR) is 146 cm³/mol. The maximum atomic E-state index is 13.6. The van der Waals surface area contributed by atoms with E-state index in [1.54, 1.807) is 28.0 Å². The number of aryl methyl sites for hydroxylation is 1. The van der Waals surface area contributed by atoms with Gasteiger partial charge in [0.05, 0.1) is 22.4 Å². The van der Waals surface area contributed by atoms with E-state index in [0.717, 1.165) is 28.9 Å². The van der Waals surface area contributed by atoms with Crippen LogP contribution < -0.4 is 10.2 Å². The average Bonchev–Trinajstić information content (AvgIpc) is 3.44. The number of benzene rings is 1. The molecule has 0 saturated heterocycles. The molecule has 2 atom stereocenters. The molecule has 3 heterocycles. The predicted octanol–water partition coefficient (Wildman–Crippen LogP) is 5.62. The molecule has 35 heavy (non-hydrogen) atoms. The molecule has 0 spiro atoms. The molecule has 186 valence electrons. The molecule has 8 heteroatoms. The van der Waals surface area contributed by atoms with Gasteiger partial charge in [-0.1, -0.05) is 45.9 Å². The first-order valence-electron chi connectivity index (χ1n) is 12.0. The Morgan fingerprint density at radius 2 is 2.03 bits per heavy atom. The third-order valence-electron chi connectivity index (χ3n) is 6.17. The topological polar surface area (TPSA) is 67.2 Å². The van der Waals surface area contributed by atoms with Gasteiger partial charge >= 0.3 is 0 Å². The van der Waals surface area contributed by atoms with Crippen molar-refractivity contribution in [3.05, 3.63) is 63.5 Å². The van der Waals surface area contributed by atoms with Gasteiger partial charge in [-0.15, -0.1) is 23.1 Å². The van der Waals surface area contributed by atoms with E-state index in [1.165, 1.54) is 4.88 Å². The maximum Gasteiger partial charge on any atom is 0.240 e. The van der Waals surface area contributed by atoms with Gasteiger partial charge in [0.25, 0.3) is 0 Å². The molecule has 0 saturated carbocycles. The highest BCUT2D eigenvalue weighted by molar-refractivity contribution is 8.00. The minimum atomic E-state index is -0.257. The lowest BCUT2D eigenvalue weighted by Gasteiger charge is -2.24. The molecular weight excluding hydrogens is 476 g/mol. The number of rotatable bonds is 6. The van der Waals surface area contributed by atoms with Gasteiger partial charge in [-0.2, -0.15) is 5.10 Å². The average molecular weight is 511 g/mol. The Morgan fingerprint density at radius 1 is 1.26 bits per heavy atom. The summed E-state index contributed by atoms with van der Waals surface area (Å²) in [6, 6.07) is 12.3. The lowest BCUT2D eigenvalue weighted by atomic mass is 9.88. The third kappa shape index (κ3) is 5.33. The van der Waals surface area contributed by atoms with Gasteiger partial charge in [-0.25, -0.2) is 4.68 Å². The van der Waals surface area contributed by atoms with Crippen molar-refractivity contribution in [1.29, 1.82) is 0 Å². The third-order valence-corrected chi connectivity index (χ3v) is 8.49. The number of hydrogen-bond donors (Lipinski definition) is 1. The van der Waals surface area contributed by atoms with Crippen molar-refractivity contribution in [3.63, 3.8) is 0 Å². The van der Waals surface area contributed by atoms with E-state index in [0.29, 0.717) is 11.6 Å². The fourth-order valence-electron chi connectivity index (χ4n) is 4.24. The first-order chi connectivity index (χ1) is 16.6. The molecule has 4 rings (SSSR count). The molecule has 2 aromatic heterocycles. The number of amides is 2. The number of nitrogens with one attached hydrogen (secondary N) is 1. The van der Waals surface area contributed by atoms with Gasteiger partial charge in [0.15, 0.2) is 0 Å². The smallest absolute Gasteiger partial charge is 0.240 e. The number of thioether (sulfide) groups is 1. The van der Waals surface area contributed by atoms with Crippen LogP contribution in [0.1, 0.15) is 68.0 Å². The number of aromatic nitrogens is 2. The van der Waals surface area contributed by atoms with E-state index < -0.39 is 0 Å². The summed E-state index contributed by atoms with van der Waals surface area (Å²) >= 11 is 3.31. The minimum absolute atomic E-state index is 0.0328. The van der Waals surface area contributed by atoms with Crippen LogP contribution in [0.5, 0.6) is 0 Å². The second kappa shape index (κ2) is 10.2. The van der Waals surface area contributed by atoms with Crippen molar-refractivity contribution in [1.82, 2.24) is 15.1 Å². The fraction of sp³-hybridized carbons (Fsp3) is 0.444. The highest BCUT2D eigenvalue weighted by atomic mass is 32.2. The second-order valence-corrected chi connectivity index (χ2v) is 12.2. The SMILES string of the molecule is CCC(C)NC(=O)CN1C(=O)CSC(c2cccs2)c2c(C(C)(C)C)nn(-c3cccc(C)c3)c21. The van der Waals surface area contributed by atoms with Crippen LogP contribution in [0.2, 0.25) is 0 Å². The van der Waals surface area contributed by atoms with Crippen molar-refractivity contribution in [2.24, 2.45) is 0 Å². The molecule has 0 radical (unpaired) electrons. The van der Waals surface area contributed by atoms with Crippen LogP contribution in [0.15, 0.2) is 41.8 Å². The van der Waals surface area contributed by atoms with E-state index in [-0.39, 0.29) is 35.1 Å². The highest BCUT2D eigenvalue weighted by Gasteiger charge is 2.40. The normalized spacial score (nSPS) is 17.1. The Hall–Kier alpha value is -2.58. The summed E-state index contributed by atoms with van der Waals surface area (Å²) in [6.45, 7) is 12.5. The van der Waals surface area contributed by atoms with Crippen LogP contribution in [0, 0.1) is 6.92 Å². The molecule has 1 N–H and O–H groups in total.